The number of nitrogens with one attached hydrogen (secondary N) is 2. The molecule has 1 atom stereocenters. The highest BCUT2D eigenvalue weighted by Gasteiger charge is 2.22. The monoisotopic (exact) mass is 406 g/mol. The lowest BCUT2D eigenvalue weighted by atomic mass is 10.0. The number of hydrogen-bond donors (Lipinski definition) is 2. The molecular weight excluding hydrogens is 368 g/mol. The average molecular weight is 407 g/mol. The maximum Gasteiger partial charge on any atom is 0.191 e. The van der Waals surface area contributed by atoms with E-state index in [-0.39, 0.29) is 0 Å². The van der Waals surface area contributed by atoms with Gasteiger partial charge in [-0.05, 0) is 50.0 Å². The first-order valence-electron chi connectivity index (χ1n) is 10.7. The Morgan fingerprint density at radius 3 is 2.45 bits per heavy atom. The Balaban J connectivity index is 1.85. The highest BCUT2D eigenvalue weighted by molar-refractivity contribution is 5.79. The zero-order chi connectivity index (χ0) is 20.7. The van der Waals surface area contributed by atoms with E-state index in [0.29, 0.717) is 19.3 Å². The summed E-state index contributed by atoms with van der Waals surface area (Å²) in [7, 11) is 5.20. The van der Waals surface area contributed by atoms with Gasteiger partial charge in [0.2, 0.25) is 0 Å². The van der Waals surface area contributed by atoms with E-state index >= 15 is 0 Å². The molecule has 0 bridgehead atoms. The fourth-order valence-electron chi connectivity index (χ4n) is 3.55. The minimum Gasteiger partial charge on any atom is -0.497 e. The van der Waals surface area contributed by atoms with Crippen molar-refractivity contribution in [3.63, 3.8) is 0 Å². The summed E-state index contributed by atoms with van der Waals surface area (Å²) in [5, 5.41) is 6.89. The molecule has 1 aromatic carbocycles. The van der Waals surface area contributed by atoms with Crippen LogP contribution in [0.25, 0.3) is 0 Å². The van der Waals surface area contributed by atoms with Crippen molar-refractivity contribution in [1.82, 2.24) is 15.5 Å². The second-order valence-electron chi connectivity index (χ2n) is 7.22. The van der Waals surface area contributed by atoms with Crippen molar-refractivity contribution in [2.75, 3.05) is 67.3 Å². The van der Waals surface area contributed by atoms with Crippen molar-refractivity contribution >= 4 is 5.96 Å². The van der Waals surface area contributed by atoms with Crippen LogP contribution in [-0.4, -0.2) is 78.1 Å². The van der Waals surface area contributed by atoms with Crippen molar-refractivity contribution in [2.45, 2.75) is 31.7 Å². The first-order chi connectivity index (χ1) is 14.3. The molecule has 0 amide bonds. The van der Waals surface area contributed by atoms with Gasteiger partial charge in [0.1, 0.15) is 5.75 Å². The minimum atomic E-state index is 0.317. The first kappa shape index (κ1) is 23.4. The van der Waals surface area contributed by atoms with E-state index in [9.17, 15) is 0 Å². The molecule has 1 aliphatic heterocycles. The normalized spacial score (nSPS) is 16.4. The zero-order valence-electron chi connectivity index (χ0n) is 18.3. The van der Waals surface area contributed by atoms with Crippen LogP contribution in [0.4, 0.5) is 0 Å². The van der Waals surface area contributed by atoms with Crippen LogP contribution in [0.15, 0.2) is 29.3 Å². The topological polar surface area (TPSA) is 67.4 Å². The molecule has 1 saturated heterocycles. The fourth-order valence-corrected chi connectivity index (χ4v) is 3.55. The van der Waals surface area contributed by atoms with Gasteiger partial charge in [-0.3, -0.25) is 9.89 Å². The first-order valence-corrected chi connectivity index (χ1v) is 10.7. The second-order valence-corrected chi connectivity index (χ2v) is 7.22. The van der Waals surface area contributed by atoms with Crippen molar-refractivity contribution in [1.29, 1.82) is 0 Å². The predicted octanol–water partition coefficient (Wildman–Crippen LogP) is 2.44. The molecule has 0 aromatic heterocycles. The van der Waals surface area contributed by atoms with Crippen LogP contribution in [0.2, 0.25) is 0 Å². The molecular formula is C22H38N4O3. The largest absolute Gasteiger partial charge is 0.497 e. The molecule has 0 saturated carbocycles. The standard InChI is InChI=1S/C22H38N4O3/c1-23-22(24-12-7-15-29-17-16-27-2)25-18-21(26-13-5-4-6-14-26)19-8-10-20(28-3)11-9-19/h8-11,21H,4-7,12-18H2,1-3H3,(H2,23,24,25). The Bertz CT molecular complexity index is 574. The number of hydrogen-bond acceptors (Lipinski definition) is 5. The summed E-state index contributed by atoms with van der Waals surface area (Å²) >= 11 is 0. The van der Waals surface area contributed by atoms with Gasteiger partial charge in [-0.1, -0.05) is 18.6 Å². The van der Waals surface area contributed by atoms with Crippen molar-refractivity contribution in [2.24, 2.45) is 4.99 Å². The molecule has 29 heavy (non-hydrogen) atoms. The van der Waals surface area contributed by atoms with Crippen LogP contribution < -0.4 is 15.4 Å². The lowest BCUT2D eigenvalue weighted by Crippen LogP contribution is -2.44. The number of rotatable bonds is 12. The molecule has 2 N–H and O–H groups in total. The van der Waals surface area contributed by atoms with E-state index < -0.39 is 0 Å². The van der Waals surface area contributed by atoms with E-state index in [1.165, 1.54) is 24.8 Å². The van der Waals surface area contributed by atoms with Gasteiger partial charge in [-0.15, -0.1) is 0 Å². The summed E-state index contributed by atoms with van der Waals surface area (Å²) in [5.41, 5.74) is 1.31. The number of guanidine groups is 1. The fraction of sp³-hybridized carbons (Fsp3) is 0.682. The minimum absolute atomic E-state index is 0.317. The molecule has 1 fully saturated rings. The van der Waals surface area contributed by atoms with Crippen LogP contribution in [0.5, 0.6) is 5.75 Å². The summed E-state index contributed by atoms with van der Waals surface area (Å²) in [5.74, 6) is 1.72. The summed E-state index contributed by atoms with van der Waals surface area (Å²) in [6, 6.07) is 8.75. The van der Waals surface area contributed by atoms with E-state index in [2.05, 4.69) is 32.7 Å². The highest BCUT2D eigenvalue weighted by Crippen LogP contribution is 2.25. The molecule has 0 aliphatic carbocycles. The van der Waals surface area contributed by atoms with Gasteiger partial charge in [0, 0.05) is 33.9 Å². The maximum absolute atomic E-state index is 5.50. The zero-order valence-corrected chi connectivity index (χ0v) is 18.3. The van der Waals surface area contributed by atoms with Gasteiger partial charge in [0.15, 0.2) is 5.96 Å². The molecule has 0 spiro atoms. The van der Waals surface area contributed by atoms with Crippen LogP contribution >= 0.6 is 0 Å². The Kier molecular flexibility index (Phi) is 11.5. The quantitative estimate of drug-likeness (QED) is 0.316. The number of piperidine rings is 1. The Morgan fingerprint density at radius 1 is 1.03 bits per heavy atom. The number of aliphatic imine (C=N–C) groups is 1. The van der Waals surface area contributed by atoms with E-state index in [4.69, 9.17) is 14.2 Å². The summed E-state index contributed by atoms with van der Waals surface area (Å²) in [4.78, 5) is 6.95. The molecule has 7 heteroatoms. The van der Waals surface area contributed by atoms with Crippen LogP contribution in [0.3, 0.4) is 0 Å². The van der Waals surface area contributed by atoms with E-state index in [1.807, 2.05) is 19.2 Å². The molecule has 2 rings (SSSR count). The summed E-state index contributed by atoms with van der Waals surface area (Å²) in [6.07, 6.45) is 4.79. The number of nitrogens with zero attached hydrogens (tertiary/aromatic N) is 2. The van der Waals surface area contributed by atoms with Crippen LogP contribution in [0.1, 0.15) is 37.3 Å². The Hall–Kier alpha value is -1.83. The number of benzene rings is 1. The second kappa shape index (κ2) is 14.2. The number of likely N-dealkylation sites (tertiary alicyclic amines) is 1. The van der Waals surface area contributed by atoms with Crippen molar-refractivity contribution < 1.29 is 14.2 Å². The van der Waals surface area contributed by atoms with Gasteiger partial charge < -0.3 is 24.8 Å². The van der Waals surface area contributed by atoms with Crippen molar-refractivity contribution in [3.05, 3.63) is 29.8 Å². The molecule has 1 aromatic rings. The Labute approximate surface area is 175 Å². The Morgan fingerprint density at radius 2 is 1.79 bits per heavy atom. The lowest BCUT2D eigenvalue weighted by Gasteiger charge is -2.35. The molecule has 0 radical (unpaired) electrons. The molecule has 1 unspecified atom stereocenters. The smallest absolute Gasteiger partial charge is 0.191 e. The summed E-state index contributed by atoms with van der Waals surface area (Å²) < 4.78 is 15.8. The molecule has 1 aliphatic rings. The molecule has 1 heterocycles. The third-order valence-electron chi connectivity index (χ3n) is 5.21. The molecule has 164 valence electrons. The van der Waals surface area contributed by atoms with Gasteiger partial charge >= 0.3 is 0 Å². The predicted molar refractivity (Wildman–Crippen MR) is 118 cm³/mol. The third-order valence-corrected chi connectivity index (χ3v) is 5.21. The lowest BCUT2D eigenvalue weighted by molar-refractivity contribution is 0.0698. The van der Waals surface area contributed by atoms with E-state index in [0.717, 1.165) is 50.9 Å². The van der Waals surface area contributed by atoms with Gasteiger partial charge in [-0.25, -0.2) is 0 Å². The van der Waals surface area contributed by atoms with Gasteiger partial charge in [-0.2, -0.15) is 0 Å². The number of methoxy groups -OCH3 is 2. The average Bonchev–Trinajstić information content (AvgIpc) is 2.78. The van der Waals surface area contributed by atoms with Gasteiger partial charge in [0.25, 0.3) is 0 Å². The van der Waals surface area contributed by atoms with Crippen molar-refractivity contribution in [3.8, 4) is 5.75 Å². The van der Waals surface area contributed by atoms with Crippen LogP contribution in [-0.2, 0) is 9.47 Å². The summed E-state index contributed by atoms with van der Waals surface area (Å²) in [6.45, 7) is 5.92. The van der Waals surface area contributed by atoms with Gasteiger partial charge in [0.05, 0.1) is 26.4 Å². The third kappa shape index (κ3) is 8.60. The molecule has 7 nitrogen and oxygen atoms in total. The maximum atomic E-state index is 5.50. The SMILES string of the molecule is CN=C(NCCCOCCOC)NCC(c1ccc(OC)cc1)N1CCCCC1. The number of ether oxygens (including phenoxy) is 3. The van der Waals surface area contributed by atoms with E-state index in [1.54, 1.807) is 14.2 Å². The highest BCUT2D eigenvalue weighted by atomic mass is 16.5. The van der Waals surface area contributed by atoms with Crippen LogP contribution in [0, 0.1) is 0 Å².